The van der Waals surface area contributed by atoms with E-state index in [1.54, 1.807) is 10.9 Å². The zero-order valence-electron chi connectivity index (χ0n) is 9.31. The van der Waals surface area contributed by atoms with Crippen molar-refractivity contribution in [3.8, 4) is 0 Å². The minimum absolute atomic E-state index is 0. The van der Waals surface area contributed by atoms with Gasteiger partial charge in [0.05, 0.1) is 6.21 Å². The molecular weight excluding hydrogens is 323 g/mol. The van der Waals surface area contributed by atoms with E-state index in [9.17, 15) is 0 Å². The molecule has 17 heavy (non-hydrogen) atoms. The van der Waals surface area contributed by atoms with Crippen molar-refractivity contribution in [3.05, 3.63) is 72.6 Å². The summed E-state index contributed by atoms with van der Waals surface area (Å²) in [5.41, 5.74) is 1.17. The predicted octanol–water partition coefficient (Wildman–Crippen LogP) is 3.14. The van der Waals surface area contributed by atoms with E-state index in [1.807, 2.05) is 60.9 Å². The second-order valence-electron chi connectivity index (χ2n) is 3.29. The Kier molecular flexibility index (Phi) is 6.17. The number of nitrogens with zero attached hydrogens (tertiary/aromatic N) is 2. The van der Waals surface area contributed by atoms with Gasteiger partial charge in [-0.3, -0.25) is 0 Å². The highest BCUT2D eigenvalue weighted by atomic mass is 127. The number of benzene rings is 1. The fourth-order valence-corrected chi connectivity index (χ4v) is 1.30. The van der Waals surface area contributed by atoms with Crippen molar-refractivity contribution < 1.29 is 4.68 Å². The van der Waals surface area contributed by atoms with Gasteiger partial charge in [0.2, 0.25) is 12.4 Å². The molecule has 0 spiro atoms. The maximum atomic E-state index is 4.23. The molecule has 1 aromatic heterocycles. The van der Waals surface area contributed by atoms with Crippen LogP contribution in [0.3, 0.4) is 0 Å². The third kappa shape index (κ3) is 4.91. The lowest BCUT2D eigenvalue weighted by atomic mass is 10.2. The van der Waals surface area contributed by atoms with E-state index in [4.69, 9.17) is 0 Å². The van der Waals surface area contributed by atoms with Gasteiger partial charge in [0.25, 0.3) is 0 Å². The monoisotopic (exact) mass is 337 g/mol. The van der Waals surface area contributed by atoms with Crippen LogP contribution < -0.4 is 4.68 Å². The molecule has 0 saturated carbocycles. The van der Waals surface area contributed by atoms with Crippen LogP contribution in [0.4, 0.5) is 0 Å². The lowest BCUT2D eigenvalue weighted by molar-refractivity contribution is -0.678. The fraction of sp³-hybridized carbons (Fsp3) is 0. The van der Waals surface area contributed by atoms with Gasteiger partial charge in [-0.25, -0.2) is 0 Å². The molecule has 0 atom stereocenters. The Hall–Kier alpha value is -1.49. The molecular formula is C14H14IN2+. The minimum atomic E-state index is 0. The summed E-state index contributed by atoms with van der Waals surface area (Å²) in [5.74, 6) is 0. The van der Waals surface area contributed by atoms with Crippen molar-refractivity contribution in [2.75, 3.05) is 0 Å². The molecule has 0 bridgehead atoms. The molecule has 3 heteroatoms. The second-order valence-corrected chi connectivity index (χ2v) is 3.29. The maximum Gasteiger partial charge on any atom is 0.202 e. The molecule has 2 aromatic rings. The zero-order chi connectivity index (χ0) is 11.1. The Morgan fingerprint density at radius 1 is 0.882 bits per heavy atom. The minimum Gasteiger partial charge on any atom is -0.107 e. The number of hydrogen-bond donors (Lipinski definition) is 0. The molecule has 0 radical (unpaired) electrons. The van der Waals surface area contributed by atoms with Gasteiger partial charge < -0.3 is 0 Å². The first-order chi connectivity index (χ1) is 7.95. The summed E-state index contributed by atoms with van der Waals surface area (Å²) in [6, 6.07) is 16.0. The maximum absolute atomic E-state index is 4.23. The Balaban J connectivity index is 0.00000144. The molecule has 0 saturated heterocycles. The SMILES string of the molecule is C(/C=C/c1ccccc1)=N/[n+]1ccccc1.I. The van der Waals surface area contributed by atoms with Gasteiger partial charge in [0.15, 0.2) is 0 Å². The third-order valence-electron chi connectivity index (χ3n) is 2.07. The molecule has 0 aliphatic carbocycles. The first-order valence-electron chi connectivity index (χ1n) is 5.17. The van der Waals surface area contributed by atoms with Crippen LogP contribution in [0.15, 0.2) is 72.1 Å². The Labute approximate surface area is 118 Å². The average Bonchev–Trinajstić information content (AvgIpc) is 2.37. The molecule has 0 aliphatic heterocycles. The highest BCUT2D eigenvalue weighted by molar-refractivity contribution is 14.0. The van der Waals surface area contributed by atoms with E-state index in [2.05, 4.69) is 17.2 Å². The number of rotatable bonds is 3. The smallest absolute Gasteiger partial charge is 0.107 e. The number of halogens is 1. The van der Waals surface area contributed by atoms with Crippen LogP contribution in [0.1, 0.15) is 5.56 Å². The normalized spacial score (nSPS) is 10.6. The second kappa shape index (κ2) is 7.73. The molecule has 2 nitrogen and oxygen atoms in total. The first kappa shape index (κ1) is 13.6. The van der Waals surface area contributed by atoms with Crippen molar-refractivity contribution in [1.82, 2.24) is 0 Å². The fourth-order valence-electron chi connectivity index (χ4n) is 1.30. The summed E-state index contributed by atoms with van der Waals surface area (Å²) in [7, 11) is 0. The van der Waals surface area contributed by atoms with Crippen molar-refractivity contribution in [1.29, 1.82) is 0 Å². The van der Waals surface area contributed by atoms with E-state index >= 15 is 0 Å². The van der Waals surface area contributed by atoms with Crippen molar-refractivity contribution in [2.45, 2.75) is 0 Å². The molecule has 0 unspecified atom stereocenters. The highest BCUT2D eigenvalue weighted by Crippen LogP contribution is 1.99. The molecule has 2 rings (SSSR count). The predicted molar refractivity (Wildman–Crippen MR) is 81.4 cm³/mol. The lowest BCUT2D eigenvalue weighted by Gasteiger charge is -1.87. The standard InChI is InChI=1S/C14H13N2.HI/c1-3-8-14(9-4-1)10-7-11-15-16-12-5-2-6-13-16;/h1-13H;1H/q+1;/b10-7+,15-11-;. The van der Waals surface area contributed by atoms with Gasteiger partial charge in [-0.2, -0.15) is 0 Å². The van der Waals surface area contributed by atoms with Crippen molar-refractivity contribution in [3.63, 3.8) is 0 Å². The largest absolute Gasteiger partial charge is 0.202 e. The molecule has 0 N–H and O–H groups in total. The summed E-state index contributed by atoms with van der Waals surface area (Å²) >= 11 is 0. The molecule has 0 aliphatic rings. The Morgan fingerprint density at radius 2 is 1.53 bits per heavy atom. The number of allylic oxidation sites excluding steroid dienone is 1. The number of hydrogen-bond acceptors (Lipinski definition) is 1. The first-order valence-corrected chi connectivity index (χ1v) is 5.17. The summed E-state index contributed by atoms with van der Waals surface area (Å²) < 4.78 is 1.76. The molecule has 1 aromatic carbocycles. The van der Waals surface area contributed by atoms with Crippen LogP contribution >= 0.6 is 24.0 Å². The van der Waals surface area contributed by atoms with Crippen LogP contribution in [-0.4, -0.2) is 6.21 Å². The Bertz CT molecular complexity index is 431. The van der Waals surface area contributed by atoms with Gasteiger partial charge in [-0.1, -0.05) is 47.2 Å². The topological polar surface area (TPSA) is 16.2 Å². The summed E-state index contributed by atoms with van der Waals surface area (Å²) in [6.45, 7) is 0. The summed E-state index contributed by atoms with van der Waals surface area (Å²) in [5, 5.41) is 4.23. The van der Waals surface area contributed by atoms with Gasteiger partial charge in [-0.05, 0) is 16.7 Å². The molecule has 86 valence electrons. The lowest BCUT2D eigenvalue weighted by Crippen LogP contribution is -2.25. The van der Waals surface area contributed by atoms with Gasteiger partial charge in [0.1, 0.15) is 0 Å². The average molecular weight is 337 g/mol. The van der Waals surface area contributed by atoms with E-state index in [-0.39, 0.29) is 24.0 Å². The van der Waals surface area contributed by atoms with E-state index in [0.29, 0.717) is 0 Å². The quantitative estimate of drug-likeness (QED) is 0.465. The summed E-state index contributed by atoms with van der Waals surface area (Å²) in [6.07, 6.45) is 9.51. The molecule has 0 fully saturated rings. The number of aromatic nitrogens is 1. The van der Waals surface area contributed by atoms with Gasteiger partial charge in [-0.15, -0.1) is 24.0 Å². The summed E-state index contributed by atoms with van der Waals surface area (Å²) in [4.78, 5) is 0. The third-order valence-corrected chi connectivity index (χ3v) is 2.07. The van der Waals surface area contributed by atoms with Crippen LogP contribution in [-0.2, 0) is 0 Å². The molecule has 1 heterocycles. The van der Waals surface area contributed by atoms with Crippen LogP contribution in [0.25, 0.3) is 6.08 Å². The zero-order valence-corrected chi connectivity index (χ0v) is 11.6. The van der Waals surface area contributed by atoms with E-state index in [1.165, 1.54) is 5.56 Å². The highest BCUT2D eigenvalue weighted by Gasteiger charge is 1.88. The van der Waals surface area contributed by atoms with E-state index < -0.39 is 0 Å². The number of pyridine rings is 1. The van der Waals surface area contributed by atoms with Gasteiger partial charge >= 0.3 is 0 Å². The molecule has 0 amide bonds. The van der Waals surface area contributed by atoms with E-state index in [0.717, 1.165) is 0 Å². The van der Waals surface area contributed by atoms with Gasteiger partial charge in [0, 0.05) is 12.1 Å². The van der Waals surface area contributed by atoms with Crippen molar-refractivity contribution in [2.24, 2.45) is 5.10 Å². The Morgan fingerprint density at radius 3 is 2.24 bits per heavy atom. The van der Waals surface area contributed by atoms with Crippen LogP contribution in [0.5, 0.6) is 0 Å². The van der Waals surface area contributed by atoms with Crippen LogP contribution in [0.2, 0.25) is 0 Å². The van der Waals surface area contributed by atoms with Crippen molar-refractivity contribution >= 4 is 36.3 Å². The van der Waals surface area contributed by atoms with Crippen LogP contribution in [0, 0.1) is 0 Å².